The number of pyridine rings is 1. The van der Waals surface area contributed by atoms with E-state index in [0.29, 0.717) is 13.0 Å². The van der Waals surface area contributed by atoms with Gasteiger partial charge in [0, 0.05) is 25.5 Å². The summed E-state index contributed by atoms with van der Waals surface area (Å²) in [4.78, 5) is 3.91. The number of nitrogens with zero attached hydrogens (tertiary/aromatic N) is 1. The average Bonchev–Trinajstić information content (AvgIpc) is 2.92. The van der Waals surface area contributed by atoms with Gasteiger partial charge in [0.2, 0.25) is 10.0 Å². The highest BCUT2D eigenvalue weighted by Gasteiger charge is 2.27. The molecule has 1 aliphatic rings. The number of nitrogens with one attached hydrogen (secondary N) is 1. The zero-order valence-corrected chi connectivity index (χ0v) is 12.3. The molecule has 0 amide bonds. The van der Waals surface area contributed by atoms with Gasteiger partial charge in [0.1, 0.15) is 0 Å². The van der Waals surface area contributed by atoms with E-state index >= 15 is 0 Å². The highest BCUT2D eigenvalue weighted by molar-refractivity contribution is 7.89. The van der Waals surface area contributed by atoms with Gasteiger partial charge in [-0.15, -0.1) is 0 Å². The van der Waals surface area contributed by atoms with E-state index in [1.54, 1.807) is 12.4 Å². The molecular weight excluding hydrogens is 276 g/mol. The van der Waals surface area contributed by atoms with Gasteiger partial charge in [0.25, 0.3) is 0 Å². The van der Waals surface area contributed by atoms with Crippen LogP contribution in [0.2, 0.25) is 0 Å². The minimum Gasteiger partial charge on any atom is -0.396 e. The summed E-state index contributed by atoms with van der Waals surface area (Å²) in [6.07, 6.45) is 6.90. The molecule has 0 spiro atoms. The van der Waals surface area contributed by atoms with Gasteiger partial charge in [0.05, 0.1) is 5.75 Å². The maximum Gasteiger partial charge on any atom is 0.211 e. The number of aromatic nitrogens is 1. The average molecular weight is 298 g/mol. The zero-order valence-electron chi connectivity index (χ0n) is 11.5. The van der Waals surface area contributed by atoms with Crippen molar-refractivity contribution < 1.29 is 13.5 Å². The number of aliphatic hydroxyl groups excluding tert-OH is 1. The first-order valence-electron chi connectivity index (χ1n) is 7.08. The molecule has 6 heteroatoms. The SMILES string of the molecule is O=S(=O)(CCc1ccncc1)NCC1CCCC1CO. The Balaban J connectivity index is 1.79. The van der Waals surface area contributed by atoms with Crippen LogP contribution >= 0.6 is 0 Å². The predicted molar refractivity (Wildman–Crippen MR) is 77.6 cm³/mol. The molecule has 0 saturated heterocycles. The second kappa shape index (κ2) is 7.15. The van der Waals surface area contributed by atoms with Crippen molar-refractivity contribution in [2.24, 2.45) is 11.8 Å². The Kier molecular flexibility index (Phi) is 5.51. The molecule has 2 unspecified atom stereocenters. The molecule has 0 aromatic carbocycles. The fraction of sp³-hybridized carbons (Fsp3) is 0.643. The van der Waals surface area contributed by atoms with Gasteiger partial charge in [-0.1, -0.05) is 6.42 Å². The quantitative estimate of drug-likeness (QED) is 0.785. The number of hydrogen-bond donors (Lipinski definition) is 2. The van der Waals surface area contributed by atoms with E-state index < -0.39 is 10.0 Å². The summed E-state index contributed by atoms with van der Waals surface area (Å²) in [5.41, 5.74) is 0.972. The lowest BCUT2D eigenvalue weighted by molar-refractivity contribution is 0.195. The summed E-state index contributed by atoms with van der Waals surface area (Å²) >= 11 is 0. The topological polar surface area (TPSA) is 79.3 Å². The molecule has 112 valence electrons. The summed E-state index contributed by atoms with van der Waals surface area (Å²) in [6.45, 7) is 0.604. The van der Waals surface area contributed by atoms with Crippen LogP contribution in [0, 0.1) is 11.8 Å². The van der Waals surface area contributed by atoms with Crippen LogP contribution in [0.4, 0.5) is 0 Å². The molecule has 2 atom stereocenters. The van der Waals surface area contributed by atoms with Crippen molar-refractivity contribution >= 4 is 10.0 Å². The van der Waals surface area contributed by atoms with E-state index in [-0.39, 0.29) is 24.2 Å². The molecule has 2 N–H and O–H groups in total. The number of aliphatic hydroxyl groups is 1. The van der Waals surface area contributed by atoms with Crippen LogP contribution in [0.15, 0.2) is 24.5 Å². The minimum absolute atomic E-state index is 0.0908. The number of aryl methyl sites for hydroxylation is 1. The van der Waals surface area contributed by atoms with E-state index in [4.69, 9.17) is 0 Å². The first kappa shape index (κ1) is 15.4. The van der Waals surface area contributed by atoms with E-state index in [0.717, 1.165) is 24.8 Å². The van der Waals surface area contributed by atoms with Crippen LogP contribution in [0.5, 0.6) is 0 Å². The van der Waals surface area contributed by atoms with Gasteiger partial charge in [-0.3, -0.25) is 4.98 Å². The third-order valence-electron chi connectivity index (χ3n) is 4.03. The summed E-state index contributed by atoms with van der Waals surface area (Å²) in [5, 5.41) is 9.23. The molecular formula is C14H22N2O3S. The molecule has 1 saturated carbocycles. The van der Waals surface area contributed by atoms with Gasteiger partial charge in [-0.2, -0.15) is 0 Å². The van der Waals surface area contributed by atoms with Crippen molar-refractivity contribution in [3.8, 4) is 0 Å². The molecule has 1 aromatic rings. The summed E-state index contributed by atoms with van der Waals surface area (Å²) in [7, 11) is -3.25. The van der Waals surface area contributed by atoms with Crippen molar-refractivity contribution in [1.82, 2.24) is 9.71 Å². The standard InChI is InChI=1S/C14H22N2O3S/c17-11-14-3-1-2-13(14)10-16-20(18,19)9-6-12-4-7-15-8-5-12/h4-5,7-8,13-14,16-17H,1-3,6,9-11H2. The number of sulfonamides is 1. The fourth-order valence-electron chi connectivity index (χ4n) is 2.73. The molecule has 1 aromatic heterocycles. The third-order valence-corrected chi connectivity index (χ3v) is 5.37. The highest BCUT2D eigenvalue weighted by Crippen LogP contribution is 2.30. The van der Waals surface area contributed by atoms with Crippen molar-refractivity contribution in [3.05, 3.63) is 30.1 Å². The summed E-state index contributed by atoms with van der Waals surface area (Å²) in [6, 6.07) is 3.66. The number of hydrogen-bond acceptors (Lipinski definition) is 4. The Labute approximate surface area is 120 Å². The van der Waals surface area contributed by atoms with Crippen molar-refractivity contribution in [2.75, 3.05) is 18.9 Å². The first-order chi connectivity index (χ1) is 9.61. The van der Waals surface area contributed by atoms with E-state index in [1.165, 1.54) is 0 Å². The number of rotatable bonds is 7. The van der Waals surface area contributed by atoms with Crippen molar-refractivity contribution in [1.29, 1.82) is 0 Å². The molecule has 1 aliphatic carbocycles. The van der Waals surface area contributed by atoms with Crippen molar-refractivity contribution in [2.45, 2.75) is 25.7 Å². The van der Waals surface area contributed by atoms with Crippen LogP contribution in [0.1, 0.15) is 24.8 Å². The molecule has 20 heavy (non-hydrogen) atoms. The highest BCUT2D eigenvalue weighted by atomic mass is 32.2. The van der Waals surface area contributed by atoms with Crippen LogP contribution < -0.4 is 4.72 Å². The molecule has 5 nitrogen and oxygen atoms in total. The van der Waals surface area contributed by atoms with Gasteiger partial charge < -0.3 is 5.11 Å². The Bertz CT molecular complexity index is 504. The summed E-state index contributed by atoms with van der Waals surface area (Å²) < 4.78 is 26.6. The molecule has 1 fully saturated rings. The first-order valence-corrected chi connectivity index (χ1v) is 8.73. The van der Waals surface area contributed by atoms with Crippen LogP contribution in [0.25, 0.3) is 0 Å². The molecule has 0 aliphatic heterocycles. The minimum atomic E-state index is -3.25. The van der Waals surface area contributed by atoms with Crippen LogP contribution in [0.3, 0.4) is 0 Å². The Hall–Kier alpha value is -0.980. The molecule has 0 bridgehead atoms. The van der Waals surface area contributed by atoms with Gasteiger partial charge in [-0.25, -0.2) is 13.1 Å². The van der Waals surface area contributed by atoms with E-state index in [9.17, 15) is 13.5 Å². The van der Waals surface area contributed by atoms with E-state index in [2.05, 4.69) is 9.71 Å². The molecule has 0 radical (unpaired) electrons. The van der Waals surface area contributed by atoms with Gasteiger partial charge >= 0.3 is 0 Å². The van der Waals surface area contributed by atoms with Crippen LogP contribution in [-0.2, 0) is 16.4 Å². The second-order valence-electron chi connectivity index (χ2n) is 5.41. The maximum atomic E-state index is 12.0. The van der Waals surface area contributed by atoms with E-state index in [1.807, 2.05) is 12.1 Å². The monoisotopic (exact) mass is 298 g/mol. The summed E-state index contributed by atoms with van der Waals surface area (Å²) in [5.74, 6) is 0.613. The molecule has 2 rings (SSSR count). The normalized spacial score (nSPS) is 23.1. The van der Waals surface area contributed by atoms with Gasteiger partial charge in [-0.05, 0) is 48.8 Å². The Morgan fingerprint density at radius 3 is 2.65 bits per heavy atom. The van der Waals surface area contributed by atoms with Crippen molar-refractivity contribution in [3.63, 3.8) is 0 Å². The Morgan fingerprint density at radius 2 is 1.95 bits per heavy atom. The third kappa shape index (κ3) is 4.54. The predicted octanol–water partition coefficient (Wildman–Crippen LogP) is 0.952. The Morgan fingerprint density at radius 1 is 1.25 bits per heavy atom. The lowest BCUT2D eigenvalue weighted by Gasteiger charge is -2.17. The molecule has 1 heterocycles. The van der Waals surface area contributed by atoms with Gasteiger partial charge in [0.15, 0.2) is 0 Å². The van der Waals surface area contributed by atoms with Crippen LogP contribution in [-0.4, -0.2) is 37.4 Å². The fourth-order valence-corrected chi connectivity index (χ4v) is 3.85. The maximum absolute atomic E-state index is 12.0. The largest absolute Gasteiger partial charge is 0.396 e. The zero-order chi connectivity index (χ0) is 14.4. The lowest BCUT2D eigenvalue weighted by Crippen LogP contribution is -2.33. The second-order valence-corrected chi connectivity index (χ2v) is 7.33. The smallest absolute Gasteiger partial charge is 0.211 e. The lowest BCUT2D eigenvalue weighted by atomic mass is 9.97.